The van der Waals surface area contributed by atoms with E-state index in [0.29, 0.717) is 30.3 Å². The third-order valence-corrected chi connectivity index (χ3v) is 4.23. The number of piperidine rings is 1. The van der Waals surface area contributed by atoms with Gasteiger partial charge in [-0.2, -0.15) is 0 Å². The van der Waals surface area contributed by atoms with E-state index in [1.165, 1.54) is 0 Å². The van der Waals surface area contributed by atoms with Crippen molar-refractivity contribution in [2.75, 3.05) is 26.8 Å². The number of carbonyl (C=O) groups excluding carboxylic acids is 2. The number of amides is 2. The van der Waals surface area contributed by atoms with Gasteiger partial charge in [0.25, 0.3) is 5.91 Å². The Morgan fingerprint density at radius 3 is 2.74 bits per heavy atom. The number of rotatable bonds is 5. The van der Waals surface area contributed by atoms with Crippen LogP contribution in [0.1, 0.15) is 30.1 Å². The van der Waals surface area contributed by atoms with E-state index in [2.05, 4.69) is 5.32 Å². The quantitative estimate of drug-likeness (QED) is 0.896. The number of ether oxygens (including phenoxy) is 1. The molecule has 1 aromatic rings. The van der Waals surface area contributed by atoms with Gasteiger partial charge in [0.05, 0.1) is 12.5 Å². The summed E-state index contributed by atoms with van der Waals surface area (Å²) in [5.74, 6) is -0.230. The van der Waals surface area contributed by atoms with Gasteiger partial charge in [-0.1, -0.05) is 11.6 Å². The summed E-state index contributed by atoms with van der Waals surface area (Å²) in [6.07, 6.45) is 1.63. The molecule has 0 spiro atoms. The van der Waals surface area contributed by atoms with E-state index >= 15 is 0 Å². The maximum Gasteiger partial charge on any atom is 0.253 e. The summed E-state index contributed by atoms with van der Waals surface area (Å²) in [6, 6.07) is 6.81. The first-order valence-corrected chi connectivity index (χ1v) is 8.23. The molecule has 1 aromatic carbocycles. The molecule has 2 rings (SSSR count). The molecule has 1 aliphatic heterocycles. The highest BCUT2D eigenvalue weighted by molar-refractivity contribution is 6.30. The Bertz CT molecular complexity index is 547. The molecule has 1 saturated heterocycles. The Kier molecular flexibility index (Phi) is 6.42. The van der Waals surface area contributed by atoms with E-state index < -0.39 is 0 Å². The van der Waals surface area contributed by atoms with Crippen LogP contribution in [-0.4, -0.2) is 49.6 Å². The van der Waals surface area contributed by atoms with Crippen molar-refractivity contribution in [2.45, 2.75) is 25.8 Å². The highest BCUT2D eigenvalue weighted by Crippen LogP contribution is 2.20. The molecule has 2 atom stereocenters. The van der Waals surface area contributed by atoms with Gasteiger partial charge in [0.15, 0.2) is 0 Å². The molecule has 0 aliphatic carbocycles. The largest absolute Gasteiger partial charge is 0.383 e. The molecular weight excluding hydrogens is 316 g/mol. The van der Waals surface area contributed by atoms with E-state index in [0.717, 1.165) is 12.8 Å². The second-order valence-corrected chi connectivity index (χ2v) is 6.40. The minimum Gasteiger partial charge on any atom is -0.383 e. The van der Waals surface area contributed by atoms with Crippen LogP contribution >= 0.6 is 11.6 Å². The fraction of sp³-hybridized carbons (Fsp3) is 0.529. The summed E-state index contributed by atoms with van der Waals surface area (Å²) in [4.78, 5) is 26.6. The number of likely N-dealkylation sites (tertiary alicyclic amines) is 1. The highest BCUT2D eigenvalue weighted by Gasteiger charge is 2.29. The molecule has 0 aromatic heterocycles. The summed E-state index contributed by atoms with van der Waals surface area (Å²) in [5.41, 5.74) is 0.600. The number of nitrogens with one attached hydrogen (secondary N) is 1. The molecule has 1 fully saturated rings. The summed E-state index contributed by atoms with van der Waals surface area (Å²) in [7, 11) is 1.61. The maximum absolute atomic E-state index is 12.5. The third kappa shape index (κ3) is 4.94. The zero-order chi connectivity index (χ0) is 16.8. The van der Waals surface area contributed by atoms with E-state index in [-0.39, 0.29) is 23.8 Å². The first-order valence-electron chi connectivity index (χ1n) is 7.85. The molecule has 0 saturated carbocycles. The molecule has 1 heterocycles. The van der Waals surface area contributed by atoms with Crippen LogP contribution in [0, 0.1) is 5.92 Å². The number of nitrogens with zero attached hydrogens (tertiary/aromatic N) is 1. The lowest BCUT2D eigenvalue weighted by Crippen LogP contribution is -2.47. The Hall–Kier alpha value is -1.59. The van der Waals surface area contributed by atoms with Crippen molar-refractivity contribution in [2.24, 2.45) is 5.92 Å². The van der Waals surface area contributed by atoms with Gasteiger partial charge in [-0.25, -0.2) is 0 Å². The maximum atomic E-state index is 12.5. The molecule has 1 N–H and O–H groups in total. The van der Waals surface area contributed by atoms with Gasteiger partial charge in [0.1, 0.15) is 0 Å². The standard InChI is InChI=1S/C17H23ClN2O3/c1-12(11-23-2)19-16(21)14-4-3-9-20(10-14)17(22)13-5-7-15(18)8-6-13/h5-8,12,14H,3-4,9-11H2,1-2H3,(H,19,21). The molecule has 126 valence electrons. The molecular formula is C17H23ClN2O3. The third-order valence-electron chi connectivity index (χ3n) is 3.98. The number of carbonyl (C=O) groups is 2. The molecule has 6 heteroatoms. The highest BCUT2D eigenvalue weighted by atomic mass is 35.5. The lowest BCUT2D eigenvalue weighted by molar-refractivity contribution is -0.127. The van der Waals surface area contributed by atoms with Gasteiger partial charge in [-0.05, 0) is 44.0 Å². The predicted octanol–water partition coefficient (Wildman–Crippen LogP) is 2.34. The lowest BCUT2D eigenvalue weighted by atomic mass is 9.96. The molecule has 0 bridgehead atoms. The molecule has 2 unspecified atom stereocenters. The molecule has 1 aliphatic rings. The number of benzene rings is 1. The first kappa shape index (κ1) is 17.8. The second kappa shape index (κ2) is 8.31. The first-order chi connectivity index (χ1) is 11.0. The number of hydrogen-bond acceptors (Lipinski definition) is 3. The van der Waals surface area contributed by atoms with Gasteiger partial charge in [0, 0.05) is 36.8 Å². The van der Waals surface area contributed by atoms with E-state index in [4.69, 9.17) is 16.3 Å². The van der Waals surface area contributed by atoms with Gasteiger partial charge >= 0.3 is 0 Å². The van der Waals surface area contributed by atoms with E-state index in [1.807, 2.05) is 6.92 Å². The van der Waals surface area contributed by atoms with E-state index in [1.54, 1.807) is 36.3 Å². The van der Waals surface area contributed by atoms with Crippen molar-refractivity contribution in [1.82, 2.24) is 10.2 Å². The Morgan fingerprint density at radius 1 is 1.39 bits per heavy atom. The lowest BCUT2D eigenvalue weighted by Gasteiger charge is -2.32. The molecule has 2 amide bonds. The zero-order valence-corrected chi connectivity index (χ0v) is 14.3. The van der Waals surface area contributed by atoms with E-state index in [9.17, 15) is 9.59 Å². The van der Waals surface area contributed by atoms with Gasteiger partial charge < -0.3 is 15.0 Å². The predicted molar refractivity (Wildman–Crippen MR) is 89.6 cm³/mol. The minimum absolute atomic E-state index is 0.0110. The van der Waals surface area contributed by atoms with Crippen LogP contribution in [-0.2, 0) is 9.53 Å². The Morgan fingerprint density at radius 2 is 2.09 bits per heavy atom. The smallest absolute Gasteiger partial charge is 0.253 e. The molecule has 23 heavy (non-hydrogen) atoms. The summed E-state index contributed by atoms with van der Waals surface area (Å²) in [5, 5.41) is 3.54. The average molecular weight is 339 g/mol. The number of halogens is 1. The fourth-order valence-electron chi connectivity index (χ4n) is 2.80. The van der Waals surface area contributed by atoms with Gasteiger partial charge in [0.2, 0.25) is 5.91 Å². The normalized spacial score (nSPS) is 19.3. The average Bonchev–Trinajstić information content (AvgIpc) is 2.55. The van der Waals surface area contributed by atoms with Crippen LogP contribution in [0.25, 0.3) is 0 Å². The van der Waals surface area contributed by atoms with Crippen molar-refractivity contribution in [3.05, 3.63) is 34.9 Å². The van der Waals surface area contributed by atoms with Crippen LogP contribution in [0.15, 0.2) is 24.3 Å². The minimum atomic E-state index is -0.167. The summed E-state index contributed by atoms with van der Waals surface area (Å²) >= 11 is 5.85. The van der Waals surface area contributed by atoms with Crippen molar-refractivity contribution in [1.29, 1.82) is 0 Å². The van der Waals surface area contributed by atoms with Crippen LogP contribution < -0.4 is 5.32 Å². The number of methoxy groups -OCH3 is 1. The number of hydrogen-bond donors (Lipinski definition) is 1. The van der Waals surface area contributed by atoms with Crippen molar-refractivity contribution < 1.29 is 14.3 Å². The monoisotopic (exact) mass is 338 g/mol. The van der Waals surface area contributed by atoms with Crippen molar-refractivity contribution >= 4 is 23.4 Å². The van der Waals surface area contributed by atoms with Crippen LogP contribution in [0.5, 0.6) is 0 Å². The van der Waals surface area contributed by atoms with Crippen LogP contribution in [0.3, 0.4) is 0 Å². The Balaban J connectivity index is 1.96. The van der Waals surface area contributed by atoms with Crippen molar-refractivity contribution in [3.8, 4) is 0 Å². The van der Waals surface area contributed by atoms with Gasteiger partial charge in [-0.15, -0.1) is 0 Å². The zero-order valence-electron chi connectivity index (χ0n) is 13.5. The summed E-state index contributed by atoms with van der Waals surface area (Å²) < 4.78 is 5.03. The van der Waals surface area contributed by atoms with Crippen molar-refractivity contribution in [3.63, 3.8) is 0 Å². The van der Waals surface area contributed by atoms with Crippen LogP contribution in [0.4, 0.5) is 0 Å². The molecule has 5 nitrogen and oxygen atoms in total. The Labute approximate surface area is 141 Å². The topological polar surface area (TPSA) is 58.6 Å². The van der Waals surface area contributed by atoms with Crippen LogP contribution in [0.2, 0.25) is 5.02 Å². The fourth-order valence-corrected chi connectivity index (χ4v) is 2.93. The van der Waals surface area contributed by atoms with Gasteiger partial charge in [-0.3, -0.25) is 9.59 Å². The SMILES string of the molecule is COCC(C)NC(=O)C1CCCN(C(=O)c2ccc(Cl)cc2)C1. The molecule has 0 radical (unpaired) electrons. The summed E-state index contributed by atoms with van der Waals surface area (Å²) in [6.45, 7) is 3.51. The second-order valence-electron chi connectivity index (χ2n) is 5.96.